The van der Waals surface area contributed by atoms with Crippen molar-refractivity contribution in [3.63, 3.8) is 0 Å². The fourth-order valence-electron chi connectivity index (χ4n) is 1.21. The van der Waals surface area contributed by atoms with E-state index in [1.54, 1.807) is 24.8 Å². The van der Waals surface area contributed by atoms with Gasteiger partial charge in [0.1, 0.15) is 0 Å². The summed E-state index contributed by atoms with van der Waals surface area (Å²) in [5.41, 5.74) is 1.24. The van der Waals surface area contributed by atoms with E-state index in [0.717, 1.165) is 11.3 Å². The van der Waals surface area contributed by atoms with E-state index in [2.05, 4.69) is 12.1 Å². The van der Waals surface area contributed by atoms with Crippen molar-refractivity contribution in [1.29, 1.82) is 0 Å². The van der Waals surface area contributed by atoms with Crippen molar-refractivity contribution in [2.75, 3.05) is 6.26 Å². The maximum atomic E-state index is 10.9. The van der Waals surface area contributed by atoms with Crippen LogP contribution in [0, 0.1) is 0 Å². The van der Waals surface area contributed by atoms with Crippen molar-refractivity contribution in [2.45, 2.75) is 13.3 Å². The summed E-state index contributed by atoms with van der Waals surface area (Å²) in [4.78, 5) is 12.0. The highest BCUT2D eigenvalue weighted by Gasteiger charge is 1.98. The molecule has 2 heteroatoms. The normalized spacial score (nSPS) is 11.4. The van der Waals surface area contributed by atoms with E-state index >= 15 is 0 Å². The minimum atomic E-state index is 0.116. The lowest BCUT2D eigenvalue weighted by Crippen LogP contribution is -1.90. The van der Waals surface area contributed by atoms with E-state index in [1.165, 1.54) is 5.56 Å². The molecule has 0 aromatic heterocycles. The molecule has 0 atom stereocenters. The molecule has 0 radical (unpaired) electrons. The molecule has 0 saturated heterocycles. The van der Waals surface area contributed by atoms with E-state index in [9.17, 15) is 4.79 Å². The molecule has 0 aliphatic heterocycles. The van der Waals surface area contributed by atoms with Crippen LogP contribution in [0.1, 0.15) is 12.5 Å². The van der Waals surface area contributed by atoms with Gasteiger partial charge in [-0.2, -0.15) is 0 Å². The molecule has 0 amide bonds. The Kier molecular flexibility index (Phi) is 4.47. The van der Waals surface area contributed by atoms with Crippen LogP contribution in [0.5, 0.6) is 0 Å². The molecular formula is C12H14OS. The zero-order chi connectivity index (χ0) is 10.4. The van der Waals surface area contributed by atoms with Crippen LogP contribution >= 0.6 is 11.8 Å². The highest BCUT2D eigenvalue weighted by molar-refractivity contribution is 8.02. The Morgan fingerprint density at radius 3 is 2.50 bits per heavy atom. The van der Waals surface area contributed by atoms with Crippen LogP contribution in [-0.4, -0.2) is 12.0 Å². The molecule has 0 unspecified atom stereocenters. The van der Waals surface area contributed by atoms with Gasteiger partial charge in [0.2, 0.25) is 0 Å². The first-order valence-corrected chi connectivity index (χ1v) is 5.74. The second-order valence-corrected chi connectivity index (χ2v) is 4.02. The van der Waals surface area contributed by atoms with Gasteiger partial charge in [0, 0.05) is 6.42 Å². The molecule has 0 bridgehead atoms. The number of carbonyl (C=O) groups is 1. The minimum Gasteiger partial charge on any atom is -0.295 e. The predicted octanol–water partition coefficient (Wildman–Crippen LogP) is 3.07. The lowest BCUT2D eigenvalue weighted by molar-refractivity contribution is -0.112. The van der Waals surface area contributed by atoms with E-state index < -0.39 is 0 Å². The third-order valence-corrected chi connectivity index (χ3v) is 2.63. The minimum absolute atomic E-state index is 0.116. The highest BCUT2D eigenvalue weighted by Crippen LogP contribution is 2.17. The zero-order valence-corrected chi connectivity index (χ0v) is 9.30. The van der Waals surface area contributed by atoms with Gasteiger partial charge in [-0.25, -0.2) is 0 Å². The number of benzene rings is 1. The fourth-order valence-corrected chi connectivity index (χ4v) is 1.80. The van der Waals surface area contributed by atoms with Crippen LogP contribution in [0.2, 0.25) is 0 Å². The van der Waals surface area contributed by atoms with E-state index in [0.29, 0.717) is 0 Å². The first-order chi connectivity index (χ1) is 6.72. The largest absolute Gasteiger partial charge is 0.295 e. The first kappa shape index (κ1) is 11.1. The second-order valence-electron chi connectivity index (χ2n) is 3.09. The van der Waals surface area contributed by atoms with Crippen molar-refractivity contribution >= 4 is 17.5 Å². The summed E-state index contributed by atoms with van der Waals surface area (Å²) in [5, 5.41) is 0. The molecule has 0 N–H and O–H groups in total. The summed E-state index contributed by atoms with van der Waals surface area (Å²) >= 11 is 1.63. The molecule has 1 aromatic rings. The standard InChI is InChI=1S/C12H14OS/c1-10(13)8-12(14-2)9-11-6-4-3-5-7-11/h3-8H,9H2,1-2H3/b12-8-. The Hall–Kier alpha value is -1.02. The Bertz CT molecular complexity index is 327. The van der Waals surface area contributed by atoms with Crippen LogP contribution in [0.4, 0.5) is 0 Å². The molecule has 14 heavy (non-hydrogen) atoms. The summed E-state index contributed by atoms with van der Waals surface area (Å²) in [6, 6.07) is 10.2. The van der Waals surface area contributed by atoms with Crippen molar-refractivity contribution in [3.05, 3.63) is 46.9 Å². The highest BCUT2D eigenvalue weighted by atomic mass is 32.2. The Morgan fingerprint density at radius 2 is 2.00 bits per heavy atom. The molecule has 0 aliphatic carbocycles. The van der Waals surface area contributed by atoms with Crippen LogP contribution in [-0.2, 0) is 11.2 Å². The molecule has 1 nitrogen and oxygen atoms in total. The molecule has 1 rings (SSSR count). The van der Waals surface area contributed by atoms with Gasteiger partial charge in [0.15, 0.2) is 5.78 Å². The monoisotopic (exact) mass is 206 g/mol. The SMILES string of the molecule is CS/C(=C\C(C)=O)Cc1ccccc1. The van der Waals surface area contributed by atoms with Gasteiger partial charge in [-0.1, -0.05) is 30.3 Å². The number of carbonyl (C=O) groups excluding carboxylic acids is 1. The average molecular weight is 206 g/mol. The van der Waals surface area contributed by atoms with Gasteiger partial charge in [-0.3, -0.25) is 4.79 Å². The summed E-state index contributed by atoms with van der Waals surface area (Å²) in [5.74, 6) is 0.116. The van der Waals surface area contributed by atoms with Gasteiger partial charge in [-0.15, -0.1) is 11.8 Å². The van der Waals surface area contributed by atoms with E-state index in [1.807, 2.05) is 24.5 Å². The maximum absolute atomic E-state index is 10.9. The van der Waals surface area contributed by atoms with Crippen molar-refractivity contribution in [2.24, 2.45) is 0 Å². The van der Waals surface area contributed by atoms with Crippen LogP contribution in [0.15, 0.2) is 41.3 Å². The van der Waals surface area contributed by atoms with Crippen LogP contribution in [0.25, 0.3) is 0 Å². The van der Waals surface area contributed by atoms with Crippen LogP contribution < -0.4 is 0 Å². The topological polar surface area (TPSA) is 17.1 Å². The van der Waals surface area contributed by atoms with Crippen molar-refractivity contribution in [1.82, 2.24) is 0 Å². The summed E-state index contributed by atoms with van der Waals surface area (Å²) in [7, 11) is 0. The van der Waals surface area contributed by atoms with Gasteiger partial charge in [-0.05, 0) is 29.7 Å². The van der Waals surface area contributed by atoms with E-state index in [-0.39, 0.29) is 5.78 Å². The third-order valence-electron chi connectivity index (χ3n) is 1.85. The van der Waals surface area contributed by atoms with Crippen molar-refractivity contribution in [3.8, 4) is 0 Å². The molecule has 74 valence electrons. The quantitative estimate of drug-likeness (QED) is 0.704. The molecule has 1 aromatic carbocycles. The number of hydrogen-bond donors (Lipinski definition) is 0. The lowest BCUT2D eigenvalue weighted by atomic mass is 10.1. The molecular weight excluding hydrogens is 192 g/mol. The molecule has 0 fully saturated rings. The number of hydrogen-bond acceptors (Lipinski definition) is 2. The zero-order valence-electron chi connectivity index (χ0n) is 8.49. The second kappa shape index (κ2) is 5.66. The van der Waals surface area contributed by atoms with Crippen molar-refractivity contribution < 1.29 is 4.79 Å². The first-order valence-electron chi connectivity index (χ1n) is 4.51. The number of allylic oxidation sites excluding steroid dienone is 2. The Labute approximate surface area is 89.2 Å². The number of rotatable bonds is 4. The molecule has 0 heterocycles. The summed E-state index contributed by atoms with van der Waals surface area (Å²) in [6.45, 7) is 1.58. The number of thioether (sulfide) groups is 1. The van der Waals surface area contributed by atoms with Gasteiger partial charge in [0.25, 0.3) is 0 Å². The fraction of sp³-hybridized carbons (Fsp3) is 0.250. The third kappa shape index (κ3) is 3.79. The lowest BCUT2D eigenvalue weighted by Gasteiger charge is -2.03. The summed E-state index contributed by atoms with van der Waals surface area (Å²) in [6.07, 6.45) is 4.55. The predicted molar refractivity (Wildman–Crippen MR) is 62.4 cm³/mol. The molecule has 0 saturated carbocycles. The number of ketones is 1. The smallest absolute Gasteiger partial charge is 0.153 e. The van der Waals surface area contributed by atoms with Crippen LogP contribution in [0.3, 0.4) is 0 Å². The summed E-state index contributed by atoms with van der Waals surface area (Å²) < 4.78 is 0. The molecule has 0 spiro atoms. The Morgan fingerprint density at radius 1 is 1.36 bits per heavy atom. The Balaban J connectivity index is 2.71. The maximum Gasteiger partial charge on any atom is 0.153 e. The van der Waals surface area contributed by atoms with Gasteiger partial charge < -0.3 is 0 Å². The average Bonchev–Trinajstić information content (AvgIpc) is 2.17. The van der Waals surface area contributed by atoms with Gasteiger partial charge in [0.05, 0.1) is 0 Å². The van der Waals surface area contributed by atoms with E-state index in [4.69, 9.17) is 0 Å². The van der Waals surface area contributed by atoms with Gasteiger partial charge >= 0.3 is 0 Å². The molecule has 0 aliphatic rings.